The molecule has 2 aromatic carbocycles. The van der Waals surface area contributed by atoms with E-state index in [9.17, 15) is 10.1 Å². The van der Waals surface area contributed by atoms with Gasteiger partial charge < -0.3 is 4.98 Å². The highest BCUT2D eigenvalue weighted by atomic mass is 35.5. The Balaban J connectivity index is 1.71. The molecule has 1 aromatic heterocycles. The molecule has 0 atom stereocenters. The summed E-state index contributed by atoms with van der Waals surface area (Å²) in [6.07, 6.45) is 4.83. The van der Waals surface area contributed by atoms with Crippen LogP contribution in [0.4, 0.5) is 5.69 Å². The summed E-state index contributed by atoms with van der Waals surface area (Å²) in [4.78, 5) is 13.7. The molecule has 23 heavy (non-hydrogen) atoms. The van der Waals surface area contributed by atoms with E-state index in [1.165, 1.54) is 10.9 Å². The Bertz CT molecular complexity index is 871. The van der Waals surface area contributed by atoms with Crippen molar-refractivity contribution in [2.24, 2.45) is 0 Å². The van der Waals surface area contributed by atoms with Gasteiger partial charge >= 0.3 is 0 Å². The number of benzene rings is 2. The van der Waals surface area contributed by atoms with Crippen LogP contribution in [0.5, 0.6) is 0 Å². The van der Waals surface area contributed by atoms with Gasteiger partial charge in [0.25, 0.3) is 5.69 Å². The second-order valence-electron chi connectivity index (χ2n) is 5.70. The van der Waals surface area contributed by atoms with Gasteiger partial charge in [-0.25, -0.2) is 0 Å². The quantitative estimate of drug-likeness (QED) is 0.516. The van der Waals surface area contributed by atoms with Gasteiger partial charge in [0, 0.05) is 23.2 Å². The number of H-pyrrole nitrogens is 1. The van der Waals surface area contributed by atoms with Gasteiger partial charge in [0.2, 0.25) is 0 Å². The smallest absolute Gasteiger partial charge is 0.288 e. The van der Waals surface area contributed by atoms with Crippen molar-refractivity contribution in [3.8, 4) is 0 Å². The lowest BCUT2D eigenvalue weighted by molar-refractivity contribution is -0.384. The predicted octanol–water partition coefficient (Wildman–Crippen LogP) is 5.21. The lowest BCUT2D eigenvalue weighted by Crippen LogP contribution is -1.96. The number of aromatic amines is 1. The highest BCUT2D eigenvalue weighted by molar-refractivity contribution is 6.32. The third-order valence-electron chi connectivity index (χ3n) is 4.17. The molecular formula is C18H17ClN2O2. The standard InChI is InChI=1S/C18H17ClN2O2/c1-12-9-18(21(22)23)16(19)10-13(12)5-4-6-14-11-20-17-8-3-2-7-15(14)17/h2-3,7-11,20H,4-6H2,1H3. The van der Waals surface area contributed by atoms with E-state index >= 15 is 0 Å². The Morgan fingerprint density at radius 1 is 1.17 bits per heavy atom. The SMILES string of the molecule is Cc1cc([N+](=O)[O-])c(Cl)cc1CCCc1c[nH]c2ccccc12. The summed E-state index contributed by atoms with van der Waals surface area (Å²) in [6, 6.07) is 11.5. The van der Waals surface area contributed by atoms with Gasteiger partial charge in [-0.3, -0.25) is 10.1 Å². The second-order valence-corrected chi connectivity index (χ2v) is 6.11. The van der Waals surface area contributed by atoms with Crippen molar-refractivity contribution in [2.75, 3.05) is 0 Å². The summed E-state index contributed by atoms with van der Waals surface area (Å²) >= 11 is 6.01. The molecule has 3 aromatic rings. The molecule has 3 rings (SSSR count). The van der Waals surface area contributed by atoms with Crippen molar-refractivity contribution in [3.63, 3.8) is 0 Å². The van der Waals surface area contributed by atoms with E-state index in [0.29, 0.717) is 0 Å². The zero-order chi connectivity index (χ0) is 16.4. The molecule has 0 aliphatic rings. The maximum absolute atomic E-state index is 10.9. The molecule has 1 heterocycles. The Morgan fingerprint density at radius 3 is 2.70 bits per heavy atom. The lowest BCUT2D eigenvalue weighted by Gasteiger charge is -2.07. The fourth-order valence-electron chi connectivity index (χ4n) is 2.92. The summed E-state index contributed by atoms with van der Waals surface area (Å²) in [7, 11) is 0. The van der Waals surface area contributed by atoms with E-state index in [4.69, 9.17) is 11.6 Å². The first-order valence-corrected chi connectivity index (χ1v) is 7.92. The van der Waals surface area contributed by atoms with Gasteiger partial charge in [0.15, 0.2) is 0 Å². The molecule has 0 unspecified atom stereocenters. The van der Waals surface area contributed by atoms with E-state index in [2.05, 4.69) is 23.3 Å². The van der Waals surface area contributed by atoms with Crippen molar-refractivity contribution >= 4 is 28.2 Å². The van der Waals surface area contributed by atoms with E-state index in [-0.39, 0.29) is 10.7 Å². The predicted molar refractivity (Wildman–Crippen MR) is 93.2 cm³/mol. The first-order valence-electron chi connectivity index (χ1n) is 7.54. The molecule has 0 saturated heterocycles. The molecule has 5 heteroatoms. The number of fused-ring (bicyclic) bond motifs is 1. The largest absolute Gasteiger partial charge is 0.361 e. The number of rotatable bonds is 5. The van der Waals surface area contributed by atoms with Crippen LogP contribution in [-0.4, -0.2) is 9.91 Å². The summed E-state index contributed by atoms with van der Waals surface area (Å²) < 4.78 is 0. The zero-order valence-corrected chi connectivity index (χ0v) is 13.6. The van der Waals surface area contributed by atoms with Crippen molar-refractivity contribution in [2.45, 2.75) is 26.2 Å². The number of aromatic nitrogens is 1. The van der Waals surface area contributed by atoms with Crippen LogP contribution >= 0.6 is 11.6 Å². The minimum atomic E-state index is -0.439. The molecule has 1 N–H and O–H groups in total. The van der Waals surface area contributed by atoms with Gasteiger partial charge in [0.1, 0.15) is 5.02 Å². The van der Waals surface area contributed by atoms with Crippen LogP contribution in [0, 0.1) is 17.0 Å². The monoisotopic (exact) mass is 328 g/mol. The molecule has 0 fully saturated rings. The fourth-order valence-corrected chi connectivity index (χ4v) is 3.18. The number of halogens is 1. The number of aryl methyl sites for hydroxylation is 3. The number of para-hydroxylation sites is 1. The minimum absolute atomic E-state index is 0.0236. The molecule has 0 bridgehead atoms. The average molecular weight is 329 g/mol. The average Bonchev–Trinajstić information content (AvgIpc) is 2.93. The number of nitro benzene ring substituents is 1. The van der Waals surface area contributed by atoms with Gasteiger partial charge in [0.05, 0.1) is 4.92 Å². The summed E-state index contributed by atoms with van der Waals surface area (Å²) in [5.74, 6) is 0. The summed E-state index contributed by atoms with van der Waals surface area (Å²) in [5, 5.41) is 12.4. The maximum atomic E-state index is 10.9. The molecule has 4 nitrogen and oxygen atoms in total. The van der Waals surface area contributed by atoms with Crippen molar-refractivity contribution in [1.29, 1.82) is 0 Å². The summed E-state index contributed by atoms with van der Waals surface area (Å²) in [6.45, 7) is 1.89. The van der Waals surface area contributed by atoms with Crippen molar-refractivity contribution < 1.29 is 4.92 Å². The Kier molecular flexibility index (Phi) is 4.35. The van der Waals surface area contributed by atoms with Crippen LogP contribution < -0.4 is 0 Å². The van der Waals surface area contributed by atoms with Gasteiger partial charge in [-0.05, 0) is 55.0 Å². The molecular weight excluding hydrogens is 312 g/mol. The summed E-state index contributed by atoms with van der Waals surface area (Å²) in [5.41, 5.74) is 4.41. The molecule has 0 spiro atoms. The molecule has 0 aliphatic heterocycles. The molecule has 0 aliphatic carbocycles. The van der Waals surface area contributed by atoms with Crippen LogP contribution in [0.3, 0.4) is 0 Å². The first-order chi connectivity index (χ1) is 11.1. The van der Waals surface area contributed by atoms with E-state index in [1.54, 1.807) is 12.1 Å². The van der Waals surface area contributed by atoms with Gasteiger partial charge in [-0.15, -0.1) is 0 Å². The van der Waals surface area contributed by atoms with Gasteiger partial charge in [-0.2, -0.15) is 0 Å². The van der Waals surface area contributed by atoms with Crippen molar-refractivity contribution in [3.05, 3.63) is 74.4 Å². The number of hydrogen-bond acceptors (Lipinski definition) is 2. The normalized spacial score (nSPS) is 11.0. The topological polar surface area (TPSA) is 58.9 Å². The van der Waals surface area contributed by atoms with Gasteiger partial charge in [-0.1, -0.05) is 29.8 Å². The Labute approximate surface area is 139 Å². The third kappa shape index (κ3) is 3.22. The van der Waals surface area contributed by atoms with Crippen LogP contribution in [0.2, 0.25) is 5.02 Å². The Hall–Kier alpha value is -2.33. The number of nitro groups is 1. The molecule has 0 saturated carbocycles. The highest BCUT2D eigenvalue weighted by Crippen LogP contribution is 2.29. The van der Waals surface area contributed by atoms with E-state index in [1.807, 2.05) is 19.1 Å². The fraction of sp³-hybridized carbons (Fsp3) is 0.222. The number of nitrogens with one attached hydrogen (secondary N) is 1. The highest BCUT2D eigenvalue weighted by Gasteiger charge is 2.14. The maximum Gasteiger partial charge on any atom is 0.288 e. The first kappa shape index (κ1) is 15.6. The van der Waals surface area contributed by atoms with Crippen molar-refractivity contribution in [1.82, 2.24) is 4.98 Å². The van der Waals surface area contributed by atoms with Crippen LogP contribution in [0.1, 0.15) is 23.1 Å². The van der Waals surface area contributed by atoms with E-state index < -0.39 is 4.92 Å². The van der Waals surface area contributed by atoms with Crippen LogP contribution in [-0.2, 0) is 12.8 Å². The second kappa shape index (κ2) is 6.42. The molecule has 118 valence electrons. The Morgan fingerprint density at radius 2 is 1.91 bits per heavy atom. The molecule has 0 amide bonds. The number of hydrogen-bond donors (Lipinski definition) is 1. The van der Waals surface area contributed by atoms with Crippen LogP contribution in [0.25, 0.3) is 10.9 Å². The van der Waals surface area contributed by atoms with E-state index in [0.717, 1.165) is 35.9 Å². The minimum Gasteiger partial charge on any atom is -0.361 e. The zero-order valence-electron chi connectivity index (χ0n) is 12.8. The lowest BCUT2D eigenvalue weighted by atomic mass is 10.00. The third-order valence-corrected chi connectivity index (χ3v) is 4.47. The molecule has 0 radical (unpaired) electrons. The van der Waals surface area contributed by atoms with Crippen LogP contribution in [0.15, 0.2) is 42.6 Å². The number of nitrogens with zero attached hydrogens (tertiary/aromatic N) is 1.